The minimum Gasteiger partial charge on any atom is -0.473 e. The van der Waals surface area contributed by atoms with Crippen LogP contribution in [0.2, 0.25) is 0 Å². The fraction of sp³-hybridized carbons (Fsp3) is 0.0526. The van der Waals surface area contributed by atoms with Gasteiger partial charge in [0.15, 0.2) is 0 Å². The topological polar surface area (TPSA) is 39.2 Å². The van der Waals surface area contributed by atoms with Gasteiger partial charge in [0.05, 0.1) is 0 Å². The van der Waals surface area contributed by atoms with Crippen molar-refractivity contribution in [1.82, 2.24) is 4.98 Å². The Kier molecular flexibility index (Phi) is 4.43. The van der Waals surface area contributed by atoms with Crippen LogP contribution in [0.15, 0.2) is 66.9 Å². The van der Waals surface area contributed by atoms with Crippen molar-refractivity contribution in [1.29, 1.82) is 0 Å². The van der Waals surface area contributed by atoms with Crippen LogP contribution in [0, 0.1) is 5.82 Å². The standard InChI is InChI=1S/C19H14FNO2/c20-18-9-15(12-22)8-17(10-18)16-6-7-19(21-11-16)23-13-14-4-2-1-3-5-14/h1-12H,13H2. The zero-order chi connectivity index (χ0) is 16.1. The van der Waals surface area contributed by atoms with E-state index in [2.05, 4.69) is 4.98 Å². The molecule has 3 aromatic rings. The van der Waals surface area contributed by atoms with Gasteiger partial charge < -0.3 is 4.74 Å². The van der Waals surface area contributed by atoms with E-state index < -0.39 is 5.82 Å². The zero-order valence-electron chi connectivity index (χ0n) is 12.3. The SMILES string of the molecule is O=Cc1cc(F)cc(-c2ccc(OCc3ccccc3)nc2)c1. The van der Waals surface area contributed by atoms with Crippen molar-refractivity contribution in [3.05, 3.63) is 83.8 Å². The van der Waals surface area contributed by atoms with Crippen LogP contribution < -0.4 is 4.74 Å². The number of nitrogens with zero attached hydrogens (tertiary/aromatic N) is 1. The highest BCUT2D eigenvalue weighted by Gasteiger charge is 2.04. The van der Waals surface area contributed by atoms with Crippen molar-refractivity contribution in [2.45, 2.75) is 6.61 Å². The normalized spacial score (nSPS) is 10.3. The van der Waals surface area contributed by atoms with E-state index in [4.69, 9.17) is 4.74 Å². The van der Waals surface area contributed by atoms with Crippen LogP contribution in [0.5, 0.6) is 5.88 Å². The molecule has 0 saturated heterocycles. The van der Waals surface area contributed by atoms with E-state index in [1.165, 1.54) is 12.1 Å². The molecule has 3 rings (SSSR count). The van der Waals surface area contributed by atoms with Crippen molar-refractivity contribution in [3.63, 3.8) is 0 Å². The molecule has 3 nitrogen and oxygen atoms in total. The molecule has 0 saturated carbocycles. The number of pyridine rings is 1. The third-order valence-corrected chi connectivity index (χ3v) is 3.36. The van der Waals surface area contributed by atoms with E-state index >= 15 is 0 Å². The molecule has 0 atom stereocenters. The number of benzene rings is 2. The number of rotatable bonds is 5. The summed E-state index contributed by atoms with van der Waals surface area (Å²) in [6.07, 6.45) is 2.22. The first kappa shape index (κ1) is 14.9. The van der Waals surface area contributed by atoms with Crippen molar-refractivity contribution >= 4 is 6.29 Å². The van der Waals surface area contributed by atoms with Crippen molar-refractivity contribution in [2.24, 2.45) is 0 Å². The summed E-state index contributed by atoms with van der Waals surface area (Å²) in [5.74, 6) is 0.0404. The molecule has 2 aromatic carbocycles. The van der Waals surface area contributed by atoms with Gasteiger partial charge in [-0.3, -0.25) is 4.79 Å². The summed E-state index contributed by atoms with van der Waals surface area (Å²) in [5.41, 5.74) is 2.68. The number of ether oxygens (including phenoxy) is 1. The van der Waals surface area contributed by atoms with Gasteiger partial charge >= 0.3 is 0 Å². The second-order valence-corrected chi connectivity index (χ2v) is 5.05. The lowest BCUT2D eigenvalue weighted by molar-refractivity contribution is 0.112. The average molecular weight is 307 g/mol. The van der Waals surface area contributed by atoms with Crippen molar-refractivity contribution in [3.8, 4) is 17.0 Å². The maximum atomic E-state index is 13.5. The molecule has 4 heteroatoms. The Labute approximate surface area is 133 Å². The molecule has 0 unspecified atom stereocenters. The largest absolute Gasteiger partial charge is 0.473 e. The third-order valence-electron chi connectivity index (χ3n) is 3.36. The van der Waals surface area contributed by atoms with Gasteiger partial charge in [0, 0.05) is 23.4 Å². The molecule has 0 aliphatic carbocycles. The highest BCUT2D eigenvalue weighted by atomic mass is 19.1. The van der Waals surface area contributed by atoms with Gasteiger partial charge in [0.1, 0.15) is 18.7 Å². The molecule has 0 spiro atoms. The molecule has 23 heavy (non-hydrogen) atoms. The Morgan fingerprint density at radius 3 is 2.52 bits per heavy atom. The van der Waals surface area contributed by atoms with Crippen molar-refractivity contribution in [2.75, 3.05) is 0 Å². The van der Waals surface area contributed by atoms with Crippen LogP contribution in [0.3, 0.4) is 0 Å². The number of carbonyl (C=O) groups excluding carboxylic acids is 1. The second kappa shape index (κ2) is 6.83. The number of carbonyl (C=O) groups is 1. The maximum Gasteiger partial charge on any atom is 0.213 e. The van der Waals surface area contributed by atoms with Gasteiger partial charge in [-0.25, -0.2) is 9.37 Å². The summed E-state index contributed by atoms with van der Waals surface area (Å²) in [6.45, 7) is 0.433. The molecule has 0 bridgehead atoms. The smallest absolute Gasteiger partial charge is 0.213 e. The lowest BCUT2D eigenvalue weighted by atomic mass is 10.1. The van der Waals surface area contributed by atoms with Crippen LogP contribution in [0.1, 0.15) is 15.9 Å². The minimum absolute atomic E-state index is 0.296. The molecule has 0 fully saturated rings. The molecule has 0 aliphatic rings. The first-order chi connectivity index (χ1) is 11.2. The molecule has 0 aliphatic heterocycles. The lowest BCUT2D eigenvalue weighted by Crippen LogP contribution is -1.97. The summed E-state index contributed by atoms with van der Waals surface area (Å²) in [7, 11) is 0. The Morgan fingerprint density at radius 1 is 1.00 bits per heavy atom. The quantitative estimate of drug-likeness (QED) is 0.660. The Morgan fingerprint density at radius 2 is 1.83 bits per heavy atom. The van der Waals surface area contributed by atoms with Crippen molar-refractivity contribution < 1.29 is 13.9 Å². The molecular weight excluding hydrogens is 293 g/mol. The third kappa shape index (κ3) is 3.80. The second-order valence-electron chi connectivity index (χ2n) is 5.05. The molecule has 0 N–H and O–H groups in total. The molecule has 1 heterocycles. The summed E-state index contributed by atoms with van der Waals surface area (Å²) in [6, 6.07) is 17.5. The predicted molar refractivity (Wildman–Crippen MR) is 85.8 cm³/mol. The van der Waals surface area contributed by atoms with Gasteiger partial charge in [-0.1, -0.05) is 30.3 Å². The zero-order valence-corrected chi connectivity index (χ0v) is 12.3. The maximum absolute atomic E-state index is 13.5. The molecule has 0 radical (unpaired) electrons. The van der Waals surface area contributed by atoms with E-state index in [1.807, 2.05) is 30.3 Å². The fourth-order valence-electron chi connectivity index (χ4n) is 2.21. The van der Waals surface area contributed by atoms with Gasteiger partial charge in [0.2, 0.25) is 5.88 Å². The molecular formula is C19H14FNO2. The van der Waals surface area contributed by atoms with E-state index in [-0.39, 0.29) is 0 Å². The highest BCUT2D eigenvalue weighted by molar-refractivity contribution is 5.78. The summed E-state index contributed by atoms with van der Waals surface area (Å²) < 4.78 is 19.1. The molecule has 1 aromatic heterocycles. The summed E-state index contributed by atoms with van der Waals surface area (Å²) in [5, 5.41) is 0. The highest BCUT2D eigenvalue weighted by Crippen LogP contribution is 2.22. The van der Waals surface area contributed by atoms with Gasteiger partial charge in [-0.05, 0) is 35.4 Å². The van der Waals surface area contributed by atoms with E-state index in [0.29, 0.717) is 29.9 Å². The Hall–Kier alpha value is -3.01. The average Bonchev–Trinajstić information content (AvgIpc) is 2.60. The van der Waals surface area contributed by atoms with E-state index in [0.717, 1.165) is 11.1 Å². The van der Waals surface area contributed by atoms with Crippen LogP contribution in [0.25, 0.3) is 11.1 Å². The van der Waals surface area contributed by atoms with Gasteiger partial charge in [-0.15, -0.1) is 0 Å². The predicted octanol–water partition coefficient (Wildman–Crippen LogP) is 4.28. The number of aldehydes is 1. The number of aromatic nitrogens is 1. The van der Waals surface area contributed by atoms with E-state index in [9.17, 15) is 9.18 Å². The van der Waals surface area contributed by atoms with Gasteiger partial charge in [0.25, 0.3) is 0 Å². The fourth-order valence-corrected chi connectivity index (χ4v) is 2.21. The van der Waals surface area contributed by atoms with Crippen LogP contribution in [-0.4, -0.2) is 11.3 Å². The van der Waals surface area contributed by atoms with E-state index in [1.54, 1.807) is 24.4 Å². The number of halogens is 1. The molecule has 0 amide bonds. The van der Waals surface area contributed by atoms with Crippen LogP contribution in [-0.2, 0) is 6.61 Å². The van der Waals surface area contributed by atoms with Gasteiger partial charge in [-0.2, -0.15) is 0 Å². The van der Waals surface area contributed by atoms with Crippen LogP contribution >= 0.6 is 0 Å². The number of hydrogen-bond donors (Lipinski definition) is 0. The summed E-state index contributed by atoms with van der Waals surface area (Å²) >= 11 is 0. The Balaban J connectivity index is 1.74. The first-order valence-electron chi connectivity index (χ1n) is 7.13. The minimum atomic E-state index is -0.450. The summed E-state index contributed by atoms with van der Waals surface area (Å²) in [4.78, 5) is 15.0. The Bertz CT molecular complexity index is 801. The van der Waals surface area contributed by atoms with Crippen LogP contribution in [0.4, 0.5) is 4.39 Å². The molecule has 114 valence electrons. The first-order valence-corrected chi connectivity index (χ1v) is 7.13. The number of hydrogen-bond acceptors (Lipinski definition) is 3. The monoisotopic (exact) mass is 307 g/mol. The lowest BCUT2D eigenvalue weighted by Gasteiger charge is -2.07.